The van der Waals surface area contributed by atoms with Crippen LogP contribution in [-0.4, -0.2) is 17.6 Å². The molecule has 0 radical (unpaired) electrons. The SMILES string of the molecule is COc1ccc(NC(=O)CCn2cccc2)cc1Cl. The number of ether oxygens (including phenoxy) is 1. The van der Waals surface area contributed by atoms with E-state index in [1.807, 2.05) is 29.1 Å². The van der Waals surface area contributed by atoms with Gasteiger partial charge in [0.15, 0.2) is 0 Å². The molecule has 0 unspecified atom stereocenters. The molecule has 0 saturated heterocycles. The van der Waals surface area contributed by atoms with Crippen molar-refractivity contribution in [2.24, 2.45) is 0 Å². The monoisotopic (exact) mass is 278 g/mol. The van der Waals surface area contributed by atoms with Crippen LogP contribution >= 0.6 is 11.6 Å². The molecular formula is C14H15ClN2O2. The Hall–Kier alpha value is -1.94. The average molecular weight is 279 g/mol. The van der Waals surface area contributed by atoms with E-state index < -0.39 is 0 Å². The lowest BCUT2D eigenvalue weighted by atomic mass is 10.3. The predicted molar refractivity (Wildman–Crippen MR) is 75.7 cm³/mol. The maximum Gasteiger partial charge on any atom is 0.226 e. The van der Waals surface area contributed by atoms with Crippen LogP contribution in [0, 0.1) is 0 Å². The lowest BCUT2D eigenvalue weighted by molar-refractivity contribution is -0.116. The molecule has 0 bridgehead atoms. The van der Waals surface area contributed by atoms with E-state index in [9.17, 15) is 4.79 Å². The number of nitrogens with zero attached hydrogens (tertiary/aromatic N) is 1. The largest absolute Gasteiger partial charge is 0.495 e. The van der Waals surface area contributed by atoms with Gasteiger partial charge >= 0.3 is 0 Å². The molecule has 5 heteroatoms. The molecule has 19 heavy (non-hydrogen) atoms. The fourth-order valence-corrected chi connectivity index (χ4v) is 1.98. The van der Waals surface area contributed by atoms with Crippen LogP contribution in [-0.2, 0) is 11.3 Å². The Bertz CT molecular complexity index is 553. The lowest BCUT2D eigenvalue weighted by Gasteiger charge is -2.08. The van der Waals surface area contributed by atoms with Crippen molar-refractivity contribution in [1.82, 2.24) is 4.57 Å². The topological polar surface area (TPSA) is 43.3 Å². The summed E-state index contributed by atoms with van der Waals surface area (Å²) in [5, 5.41) is 3.28. The maximum atomic E-state index is 11.8. The molecule has 1 aromatic carbocycles. The van der Waals surface area contributed by atoms with Crippen molar-refractivity contribution in [3.05, 3.63) is 47.7 Å². The first-order valence-corrected chi connectivity index (χ1v) is 6.31. The number of halogens is 1. The van der Waals surface area contributed by atoms with Crippen molar-refractivity contribution in [2.45, 2.75) is 13.0 Å². The molecule has 1 N–H and O–H groups in total. The summed E-state index contributed by atoms with van der Waals surface area (Å²) in [7, 11) is 1.55. The molecule has 0 fully saturated rings. The third kappa shape index (κ3) is 3.76. The Morgan fingerprint density at radius 1 is 1.37 bits per heavy atom. The molecule has 2 rings (SSSR count). The van der Waals surface area contributed by atoms with E-state index in [4.69, 9.17) is 16.3 Å². The lowest BCUT2D eigenvalue weighted by Crippen LogP contribution is -2.13. The molecule has 1 aromatic heterocycles. The molecule has 0 aliphatic carbocycles. The van der Waals surface area contributed by atoms with Gasteiger partial charge in [-0.05, 0) is 30.3 Å². The molecular weight excluding hydrogens is 264 g/mol. The highest BCUT2D eigenvalue weighted by Gasteiger charge is 2.05. The predicted octanol–water partition coefficient (Wildman–Crippen LogP) is 3.18. The van der Waals surface area contributed by atoms with Gasteiger partial charge in [-0.2, -0.15) is 0 Å². The number of carbonyl (C=O) groups is 1. The molecule has 100 valence electrons. The minimum Gasteiger partial charge on any atom is -0.495 e. The fraction of sp³-hybridized carbons (Fsp3) is 0.214. The van der Waals surface area contributed by atoms with Crippen LogP contribution in [0.15, 0.2) is 42.7 Å². The molecule has 0 aliphatic heterocycles. The molecule has 0 spiro atoms. The summed E-state index contributed by atoms with van der Waals surface area (Å²) >= 11 is 5.99. The zero-order chi connectivity index (χ0) is 13.7. The summed E-state index contributed by atoms with van der Waals surface area (Å²) in [6.45, 7) is 0.655. The van der Waals surface area contributed by atoms with Crippen molar-refractivity contribution in [1.29, 1.82) is 0 Å². The van der Waals surface area contributed by atoms with Gasteiger partial charge in [0.1, 0.15) is 5.75 Å². The first kappa shape index (κ1) is 13.5. The molecule has 4 nitrogen and oxygen atoms in total. The van der Waals surface area contributed by atoms with Crippen LogP contribution in [0.1, 0.15) is 6.42 Å². The summed E-state index contributed by atoms with van der Waals surface area (Å²) in [5.41, 5.74) is 0.670. The number of anilines is 1. The molecule has 0 atom stereocenters. The number of hydrogen-bond acceptors (Lipinski definition) is 2. The summed E-state index contributed by atoms with van der Waals surface area (Å²) in [4.78, 5) is 11.8. The van der Waals surface area contributed by atoms with Gasteiger partial charge in [0.05, 0.1) is 12.1 Å². The number of aromatic nitrogens is 1. The average Bonchev–Trinajstić information content (AvgIpc) is 2.90. The first-order valence-electron chi connectivity index (χ1n) is 5.93. The van der Waals surface area contributed by atoms with Crippen molar-refractivity contribution < 1.29 is 9.53 Å². The molecule has 1 amide bonds. The molecule has 2 aromatic rings. The number of rotatable bonds is 5. The summed E-state index contributed by atoms with van der Waals surface area (Å²) in [6, 6.07) is 9.03. The molecule has 1 heterocycles. The Morgan fingerprint density at radius 3 is 2.74 bits per heavy atom. The quantitative estimate of drug-likeness (QED) is 0.913. The van der Waals surface area contributed by atoms with E-state index in [-0.39, 0.29) is 5.91 Å². The van der Waals surface area contributed by atoms with E-state index >= 15 is 0 Å². The van der Waals surface area contributed by atoms with E-state index in [1.165, 1.54) is 0 Å². The van der Waals surface area contributed by atoms with Crippen molar-refractivity contribution in [3.8, 4) is 5.75 Å². The standard InChI is InChI=1S/C14H15ClN2O2/c1-19-13-5-4-11(10-12(13)15)16-14(18)6-9-17-7-2-3-8-17/h2-5,7-8,10H,6,9H2,1H3,(H,16,18). The normalized spacial score (nSPS) is 10.2. The zero-order valence-electron chi connectivity index (χ0n) is 10.6. The highest BCUT2D eigenvalue weighted by Crippen LogP contribution is 2.27. The summed E-state index contributed by atoms with van der Waals surface area (Å²) in [6.07, 6.45) is 4.27. The van der Waals surface area contributed by atoms with Crippen molar-refractivity contribution >= 4 is 23.2 Å². The number of hydrogen-bond donors (Lipinski definition) is 1. The third-order valence-electron chi connectivity index (χ3n) is 2.70. The minimum absolute atomic E-state index is 0.0464. The maximum absolute atomic E-state index is 11.8. The van der Waals surface area contributed by atoms with E-state index in [0.717, 1.165) is 0 Å². The van der Waals surface area contributed by atoms with Crippen LogP contribution in [0.5, 0.6) is 5.75 Å². The smallest absolute Gasteiger partial charge is 0.226 e. The Kier molecular flexibility index (Phi) is 4.47. The third-order valence-corrected chi connectivity index (χ3v) is 2.99. The van der Waals surface area contributed by atoms with Gasteiger partial charge in [0.2, 0.25) is 5.91 Å². The molecule has 0 saturated carbocycles. The molecule has 0 aliphatic rings. The highest BCUT2D eigenvalue weighted by molar-refractivity contribution is 6.32. The van der Waals surface area contributed by atoms with Crippen LogP contribution < -0.4 is 10.1 Å². The number of aryl methyl sites for hydroxylation is 1. The van der Waals surface area contributed by atoms with Gasteiger partial charge < -0.3 is 14.6 Å². The number of nitrogens with one attached hydrogen (secondary N) is 1. The van der Waals surface area contributed by atoms with Gasteiger partial charge in [0.25, 0.3) is 0 Å². The van der Waals surface area contributed by atoms with Crippen LogP contribution in [0.25, 0.3) is 0 Å². The van der Waals surface area contributed by atoms with E-state index in [2.05, 4.69) is 5.32 Å². The van der Waals surface area contributed by atoms with Crippen LogP contribution in [0.3, 0.4) is 0 Å². The number of carbonyl (C=O) groups excluding carboxylic acids is 1. The number of benzene rings is 1. The van der Waals surface area contributed by atoms with Gasteiger partial charge in [-0.25, -0.2) is 0 Å². The van der Waals surface area contributed by atoms with Gasteiger partial charge in [0, 0.05) is 31.0 Å². The van der Waals surface area contributed by atoms with Crippen LogP contribution in [0.4, 0.5) is 5.69 Å². The van der Waals surface area contributed by atoms with Crippen LogP contribution in [0.2, 0.25) is 5.02 Å². The summed E-state index contributed by atoms with van der Waals surface area (Å²) in [5.74, 6) is 0.543. The number of amides is 1. The van der Waals surface area contributed by atoms with E-state index in [1.54, 1.807) is 25.3 Å². The van der Waals surface area contributed by atoms with E-state index in [0.29, 0.717) is 29.4 Å². The number of methoxy groups -OCH3 is 1. The summed E-state index contributed by atoms with van der Waals surface area (Å²) < 4.78 is 7.01. The van der Waals surface area contributed by atoms with Gasteiger partial charge in [-0.15, -0.1) is 0 Å². The Balaban J connectivity index is 1.90. The van der Waals surface area contributed by atoms with Crippen molar-refractivity contribution in [3.63, 3.8) is 0 Å². The minimum atomic E-state index is -0.0464. The van der Waals surface area contributed by atoms with Gasteiger partial charge in [-0.3, -0.25) is 4.79 Å². The zero-order valence-corrected chi connectivity index (χ0v) is 11.4. The highest BCUT2D eigenvalue weighted by atomic mass is 35.5. The van der Waals surface area contributed by atoms with Crippen molar-refractivity contribution in [2.75, 3.05) is 12.4 Å². The fourth-order valence-electron chi connectivity index (χ4n) is 1.72. The first-order chi connectivity index (χ1) is 9.19. The Labute approximate surface area is 116 Å². The second-order valence-electron chi connectivity index (χ2n) is 4.07. The Morgan fingerprint density at radius 2 is 2.11 bits per heavy atom. The van der Waals surface area contributed by atoms with Gasteiger partial charge in [-0.1, -0.05) is 11.6 Å². The second kappa shape index (κ2) is 6.29. The second-order valence-corrected chi connectivity index (χ2v) is 4.48.